The second kappa shape index (κ2) is 9.06. The van der Waals surface area contributed by atoms with E-state index < -0.39 is 0 Å². The highest BCUT2D eigenvalue weighted by atomic mass is 16.5. The maximum atomic E-state index is 5.58. The zero-order valence-corrected chi connectivity index (χ0v) is 11.9. The van der Waals surface area contributed by atoms with Gasteiger partial charge in [0.05, 0.1) is 0 Å². The fourth-order valence-corrected chi connectivity index (χ4v) is 1.92. The van der Waals surface area contributed by atoms with Crippen LogP contribution in [0.25, 0.3) is 0 Å². The summed E-state index contributed by atoms with van der Waals surface area (Å²) in [5.74, 6) is 0. The van der Waals surface area contributed by atoms with Crippen LogP contribution in [0.2, 0.25) is 0 Å². The maximum Gasteiger partial charge on any atom is 0.0484 e. The van der Waals surface area contributed by atoms with E-state index in [1.807, 2.05) is 12.4 Å². The van der Waals surface area contributed by atoms with Crippen LogP contribution in [0, 0.1) is 6.92 Å². The normalized spacial score (nSPS) is 12.6. The Balaban J connectivity index is 2.54. The van der Waals surface area contributed by atoms with Gasteiger partial charge in [-0.15, -0.1) is 0 Å². The van der Waals surface area contributed by atoms with E-state index in [0.29, 0.717) is 6.04 Å². The van der Waals surface area contributed by atoms with Gasteiger partial charge in [0.2, 0.25) is 0 Å². The van der Waals surface area contributed by atoms with Gasteiger partial charge in [-0.3, -0.25) is 4.98 Å². The fourth-order valence-electron chi connectivity index (χ4n) is 1.92. The Hall–Kier alpha value is -0.930. The predicted molar refractivity (Wildman–Crippen MR) is 75.7 cm³/mol. The molecule has 102 valence electrons. The van der Waals surface area contributed by atoms with Gasteiger partial charge in [-0.25, -0.2) is 0 Å². The Labute approximate surface area is 111 Å². The standard InChI is InChI=1S/C15H26N2O/c1-4-7-17-15(6-9-18-8-5-2)14-10-13(3)11-16-12-14/h10-12,15,17H,4-9H2,1-3H3. The summed E-state index contributed by atoms with van der Waals surface area (Å²) in [5, 5.41) is 3.57. The molecule has 0 saturated heterocycles. The van der Waals surface area contributed by atoms with Crippen molar-refractivity contribution in [3.63, 3.8) is 0 Å². The molecule has 0 aliphatic rings. The van der Waals surface area contributed by atoms with E-state index in [2.05, 4.69) is 37.1 Å². The zero-order chi connectivity index (χ0) is 13.2. The molecule has 1 heterocycles. The number of aromatic nitrogens is 1. The highest BCUT2D eigenvalue weighted by Gasteiger charge is 2.10. The lowest BCUT2D eigenvalue weighted by atomic mass is 10.0. The number of aryl methyl sites for hydroxylation is 1. The van der Waals surface area contributed by atoms with Crippen LogP contribution >= 0.6 is 0 Å². The van der Waals surface area contributed by atoms with Crippen molar-refractivity contribution in [3.05, 3.63) is 29.6 Å². The molecule has 1 aromatic heterocycles. The number of ether oxygens (including phenoxy) is 1. The first kappa shape index (κ1) is 15.1. The Morgan fingerprint density at radius 1 is 1.22 bits per heavy atom. The SMILES string of the molecule is CCCNC(CCOCCC)c1cncc(C)c1. The third-order valence-electron chi connectivity index (χ3n) is 2.84. The summed E-state index contributed by atoms with van der Waals surface area (Å²) in [6.07, 6.45) is 7.09. The first-order valence-electron chi connectivity index (χ1n) is 7.00. The molecule has 0 saturated carbocycles. The summed E-state index contributed by atoms with van der Waals surface area (Å²) >= 11 is 0. The van der Waals surface area contributed by atoms with Crippen molar-refractivity contribution >= 4 is 0 Å². The number of nitrogens with one attached hydrogen (secondary N) is 1. The van der Waals surface area contributed by atoms with Crippen molar-refractivity contribution in [1.29, 1.82) is 0 Å². The molecule has 0 amide bonds. The van der Waals surface area contributed by atoms with Gasteiger partial charge in [0.25, 0.3) is 0 Å². The molecule has 1 rings (SSSR count). The van der Waals surface area contributed by atoms with Crippen LogP contribution < -0.4 is 5.32 Å². The number of nitrogens with zero attached hydrogens (tertiary/aromatic N) is 1. The first-order valence-corrected chi connectivity index (χ1v) is 7.00. The summed E-state index contributed by atoms with van der Waals surface area (Å²) in [7, 11) is 0. The van der Waals surface area contributed by atoms with Gasteiger partial charge < -0.3 is 10.1 Å². The Morgan fingerprint density at radius 2 is 2.06 bits per heavy atom. The van der Waals surface area contributed by atoms with Crippen molar-refractivity contribution in [2.45, 2.75) is 46.1 Å². The highest BCUT2D eigenvalue weighted by molar-refractivity contribution is 5.20. The highest BCUT2D eigenvalue weighted by Crippen LogP contribution is 2.17. The Morgan fingerprint density at radius 3 is 2.72 bits per heavy atom. The molecule has 0 radical (unpaired) electrons. The van der Waals surface area contributed by atoms with Crippen LogP contribution in [-0.2, 0) is 4.74 Å². The van der Waals surface area contributed by atoms with Gasteiger partial charge in [0, 0.05) is 31.6 Å². The number of hydrogen-bond donors (Lipinski definition) is 1. The summed E-state index contributed by atoms with van der Waals surface area (Å²) < 4.78 is 5.58. The van der Waals surface area contributed by atoms with Crippen molar-refractivity contribution in [1.82, 2.24) is 10.3 Å². The van der Waals surface area contributed by atoms with Crippen LogP contribution in [0.5, 0.6) is 0 Å². The van der Waals surface area contributed by atoms with Crippen LogP contribution in [0.3, 0.4) is 0 Å². The van der Waals surface area contributed by atoms with Crippen molar-refractivity contribution in [2.75, 3.05) is 19.8 Å². The lowest BCUT2D eigenvalue weighted by Crippen LogP contribution is -2.23. The largest absolute Gasteiger partial charge is 0.381 e. The van der Waals surface area contributed by atoms with Crippen LogP contribution in [0.4, 0.5) is 0 Å². The minimum atomic E-state index is 0.356. The molecule has 1 N–H and O–H groups in total. The third-order valence-corrected chi connectivity index (χ3v) is 2.84. The summed E-state index contributed by atoms with van der Waals surface area (Å²) in [5.41, 5.74) is 2.48. The van der Waals surface area contributed by atoms with Gasteiger partial charge in [-0.05, 0) is 43.9 Å². The molecule has 1 atom stereocenters. The third kappa shape index (κ3) is 5.61. The van der Waals surface area contributed by atoms with Crippen molar-refractivity contribution < 1.29 is 4.74 Å². The van der Waals surface area contributed by atoms with Crippen molar-refractivity contribution in [2.24, 2.45) is 0 Å². The molecule has 1 unspecified atom stereocenters. The van der Waals surface area contributed by atoms with E-state index in [1.54, 1.807) is 0 Å². The molecular weight excluding hydrogens is 224 g/mol. The molecule has 0 aromatic carbocycles. The second-order valence-electron chi connectivity index (χ2n) is 4.70. The molecular formula is C15H26N2O. The molecule has 0 aliphatic heterocycles. The van der Waals surface area contributed by atoms with Gasteiger partial charge >= 0.3 is 0 Å². The average molecular weight is 250 g/mol. The van der Waals surface area contributed by atoms with Gasteiger partial charge in [-0.2, -0.15) is 0 Å². The van der Waals surface area contributed by atoms with Gasteiger partial charge in [0.1, 0.15) is 0 Å². The predicted octanol–water partition coefficient (Wildman–Crippen LogP) is 3.25. The second-order valence-corrected chi connectivity index (χ2v) is 4.70. The van der Waals surface area contributed by atoms with Gasteiger partial charge in [0.15, 0.2) is 0 Å². The monoisotopic (exact) mass is 250 g/mol. The molecule has 1 aromatic rings. The fraction of sp³-hybridized carbons (Fsp3) is 0.667. The topological polar surface area (TPSA) is 34.1 Å². The number of pyridine rings is 1. The molecule has 0 aliphatic carbocycles. The molecule has 18 heavy (non-hydrogen) atoms. The molecule has 0 bridgehead atoms. The lowest BCUT2D eigenvalue weighted by molar-refractivity contribution is 0.124. The Bertz CT molecular complexity index is 328. The van der Waals surface area contributed by atoms with E-state index in [9.17, 15) is 0 Å². The maximum absolute atomic E-state index is 5.58. The van der Waals surface area contributed by atoms with Crippen molar-refractivity contribution in [3.8, 4) is 0 Å². The number of hydrogen-bond acceptors (Lipinski definition) is 3. The summed E-state index contributed by atoms with van der Waals surface area (Å²) in [6.45, 7) is 9.10. The van der Waals surface area contributed by atoms with Crippen LogP contribution in [-0.4, -0.2) is 24.7 Å². The Kier molecular flexibility index (Phi) is 7.62. The number of rotatable bonds is 9. The molecule has 0 fully saturated rings. The van der Waals surface area contributed by atoms with Gasteiger partial charge in [-0.1, -0.05) is 19.9 Å². The van der Waals surface area contributed by atoms with E-state index in [4.69, 9.17) is 4.74 Å². The average Bonchev–Trinajstić information content (AvgIpc) is 2.38. The van der Waals surface area contributed by atoms with Crippen LogP contribution in [0.15, 0.2) is 18.5 Å². The minimum Gasteiger partial charge on any atom is -0.381 e. The molecule has 0 spiro atoms. The first-order chi connectivity index (χ1) is 8.77. The minimum absolute atomic E-state index is 0.356. The zero-order valence-electron chi connectivity index (χ0n) is 11.9. The molecule has 3 nitrogen and oxygen atoms in total. The van der Waals surface area contributed by atoms with Crippen LogP contribution in [0.1, 0.15) is 50.3 Å². The van der Waals surface area contributed by atoms with E-state index in [1.165, 1.54) is 11.1 Å². The van der Waals surface area contributed by atoms with E-state index in [-0.39, 0.29) is 0 Å². The smallest absolute Gasteiger partial charge is 0.0484 e. The summed E-state index contributed by atoms with van der Waals surface area (Å²) in [6, 6.07) is 2.56. The lowest BCUT2D eigenvalue weighted by Gasteiger charge is -2.19. The van der Waals surface area contributed by atoms with E-state index >= 15 is 0 Å². The summed E-state index contributed by atoms with van der Waals surface area (Å²) in [4.78, 5) is 4.28. The quantitative estimate of drug-likeness (QED) is 0.683. The molecule has 3 heteroatoms. The van der Waals surface area contributed by atoms with E-state index in [0.717, 1.165) is 39.0 Å².